The van der Waals surface area contributed by atoms with Crippen molar-refractivity contribution in [1.82, 2.24) is 0 Å². The zero-order valence-corrected chi connectivity index (χ0v) is 7.79. The highest BCUT2D eigenvalue weighted by atomic mass is 16.1. The van der Waals surface area contributed by atoms with Gasteiger partial charge < -0.3 is 5.73 Å². The summed E-state index contributed by atoms with van der Waals surface area (Å²) in [5, 5.41) is 0. The number of aryl methyl sites for hydroxylation is 1. The van der Waals surface area contributed by atoms with E-state index in [9.17, 15) is 4.79 Å². The van der Waals surface area contributed by atoms with Gasteiger partial charge in [0.25, 0.3) is 0 Å². The minimum Gasteiger partial charge on any atom is -0.370 e. The lowest BCUT2D eigenvalue weighted by Crippen LogP contribution is -2.10. The molecule has 0 aliphatic carbocycles. The molecule has 0 saturated heterocycles. The fourth-order valence-electron chi connectivity index (χ4n) is 1.22. The van der Waals surface area contributed by atoms with E-state index in [1.165, 1.54) is 11.1 Å². The van der Waals surface area contributed by atoms with Crippen LogP contribution in [0.5, 0.6) is 0 Å². The highest BCUT2D eigenvalue weighted by Crippen LogP contribution is 2.06. The lowest BCUT2D eigenvalue weighted by molar-refractivity contribution is -0.117. The molecule has 0 aliphatic rings. The van der Waals surface area contributed by atoms with Crippen molar-refractivity contribution in [3.63, 3.8) is 0 Å². The van der Waals surface area contributed by atoms with Gasteiger partial charge >= 0.3 is 0 Å². The van der Waals surface area contributed by atoms with Gasteiger partial charge in [-0.25, -0.2) is 0 Å². The Morgan fingerprint density at radius 2 is 2.31 bits per heavy atom. The third-order valence-electron chi connectivity index (χ3n) is 1.81. The van der Waals surface area contributed by atoms with E-state index < -0.39 is 0 Å². The van der Waals surface area contributed by atoms with E-state index in [2.05, 4.69) is 19.1 Å². The summed E-state index contributed by atoms with van der Waals surface area (Å²) >= 11 is 0. The Bertz CT molecular complexity index is 294. The lowest BCUT2D eigenvalue weighted by Gasteiger charge is -2.00. The first-order chi connectivity index (χ1) is 6.18. The number of carbonyl (C=O) groups excluding carboxylic acids is 1. The summed E-state index contributed by atoms with van der Waals surface area (Å²) in [5.41, 5.74) is 7.48. The summed E-state index contributed by atoms with van der Waals surface area (Å²) in [5.74, 6) is -0.271. The van der Waals surface area contributed by atoms with Crippen LogP contribution in [0.25, 0.3) is 0 Å². The van der Waals surface area contributed by atoms with Crippen LogP contribution in [0.4, 0.5) is 0 Å². The van der Waals surface area contributed by atoms with E-state index in [0.717, 1.165) is 6.42 Å². The fraction of sp³-hybridized carbons (Fsp3) is 0.273. The molecule has 0 heterocycles. The Morgan fingerprint density at radius 1 is 1.54 bits per heavy atom. The van der Waals surface area contributed by atoms with E-state index in [-0.39, 0.29) is 5.91 Å². The maximum atomic E-state index is 10.4. The molecular weight excluding hydrogens is 162 g/mol. The Hall–Kier alpha value is -1.31. The van der Waals surface area contributed by atoms with Crippen molar-refractivity contribution < 1.29 is 4.79 Å². The number of hydrogen-bond donors (Lipinski definition) is 1. The second kappa shape index (κ2) is 4.65. The van der Waals surface area contributed by atoms with Crippen LogP contribution < -0.4 is 5.73 Å². The summed E-state index contributed by atoms with van der Waals surface area (Å²) in [6, 6.07) is 8.22. The van der Waals surface area contributed by atoms with Crippen LogP contribution >= 0.6 is 0 Å². The van der Waals surface area contributed by atoms with Gasteiger partial charge in [-0.2, -0.15) is 0 Å². The minimum absolute atomic E-state index is 0.271. The van der Waals surface area contributed by atoms with Crippen LogP contribution in [0.2, 0.25) is 0 Å². The standard InChI is InChI=1S/C11H14NO/c1-9-4-2-5-10(8-9)6-3-7-11(12)13/h2-5,8H,6-7H2,1H3,(H2,12,13). The smallest absolute Gasteiger partial charge is 0.217 e. The molecule has 0 aromatic heterocycles. The van der Waals surface area contributed by atoms with Gasteiger partial charge in [0, 0.05) is 6.42 Å². The summed E-state index contributed by atoms with van der Waals surface area (Å²) in [7, 11) is 0. The molecule has 1 aromatic carbocycles. The van der Waals surface area contributed by atoms with Crippen molar-refractivity contribution >= 4 is 5.91 Å². The van der Waals surface area contributed by atoms with Crippen molar-refractivity contribution in [3.05, 3.63) is 41.8 Å². The summed E-state index contributed by atoms with van der Waals surface area (Å²) < 4.78 is 0. The van der Waals surface area contributed by atoms with Gasteiger partial charge in [0.05, 0.1) is 0 Å². The van der Waals surface area contributed by atoms with E-state index in [0.29, 0.717) is 6.42 Å². The summed E-state index contributed by atoms with van der Waals surface area (Å²) in [6.07, 6.45) is 3.07. The fourth-order valence-corrected chi connectivity index (χ4v) is 1.22. The molecule has 2 N–H and O–H groups in total. The van der Waals surface area contributed by atoms with Gasteiger partial charge in [0.2, 0.25) is 5.91 Å². The highest BCUT2D eigenvalue weighted by molar-refractivity contribution is 5.74. The van der Waals surface area contributed by atoms with E-state index in [1.807, 2.05) is 18.6 Å². The van der Waals surface area contributed by atoms with Gasteiger partial charge in [-0.1, -0.05) is 29.8 Å². The third kappa shape index (κ3) is 3.74. The molecular formula is C11H14NO. The van der Waals surface area contributed by atoms with Crippen LogP contribution in [0.15, 0.2) is 24.3 Å². The summed E-state index contributed by atoms with van der Waals surface area (Å²) in [6.45, 7) is 2.05. The van der Waals surface area contributed by atoms with Crippen LogP contribution in [0.1, 0.15) is 17.5 Å². The highest BCUT2D eigenvalue weighted by Gasteiger charge is 1.96. The molecule has 1 rings (SSSR count). The molecule has 1 amide bonds. The number of primary amides is 1. The first-order valence-electron chi connectivity index (χ1n) is 4.34. The van der Waals surface area contributed by atoms with Crippen molar-refractivity contribution in [2.45, 2.75) is 19.8 Å². The van der Waals surface area contributed by atoms with E-state index >= 15 is 0 Å². The molecule has 2 heteroatoms. The monoisotopic (exact) mass is 176 g/mol. The van der Waals surface area contributed by atoms with Crippen LogP contribution in [-0.4, -0.2) is 5.91 Å². The van der Waals surface area contributed by atoms with Gasteiger partial charge in [-0.15, -0.1) is 0 Å². The molecule has 0 fully saturated rings. The molecule has 69 valence electrons. The molecule has 1 radical (unpaired) electrons. The number of amides is 1. The maximum Gasteiger partial charge on any atom is 0.217 e. The normalized spacial score (nSPS) is 9.92. The molecule has 2 nitrogen and oxygen atoms in total. The first-order valence-corrected chi connectivity index (χ1v) is 4.34. The van der Waals surface area contributed by atoms with E-state index in [4.69, 9.17) is 5.73 Å². The number of hydrogen-bond acceptors (Lipinski definition) is 1. The van der Waals surface area contributed by atoms with Crippen molar-refractivity contribution in [1.29, 1.82) is 0 Å². The number of benzene rings is 1. The Kier molecular flexibility index (Phi) is 3.50. The quantitative estimate of drug-likeness (QED) is 0.744. The number of carbonyl (C=O) groups is 1. The average Bonchev–Trinajstić information content (AvgIpc) is 2.03. The minimum atomic E-state index is -0.271. The number of nitrogens with two attached hydrogens (primary N) is 1. The predicted molar refractivity (Wildman–Crippen MR) is 53.0 cm³/mol. The zero-order chi connectivity index (χ0) is 9.68. The number of rotatable bonds is 4. The molecule has 1 aromatic rings. The molecule has 0 atom stereocenters. The Balaban J connectivity index is 2.41. The molecule has 13 heavy (non-hydrogen) atoms. The lowest BCUT2D eigenvalue weighted by atomic mass is 10.1. The zero-order valence-electron chi connectivity index (χ0n) is 7.79. The molecule has 0 spiro atoms. The second-order valence-corrected chi connectivity index (χ2v) is 3.15. The van der Waals surface area contributed by atoms with Gasteiger partial charge in [-0.3, -0.25) is 4.79 Å². The van der Waals surface area contributed by atoms with Gasteiger partial charge in [-0.05, 0) is 25.3 Å². The van der Waals surface area contributed by atoms with Crippen molar-refractivity contribution in [2.75, 3.05) is 0 Å². The summed E-state index contributed by atoms with van der Waals surface area (Å²) in [4.78, 5) is 10.4. The van der Waals surface area contributed by atoms with E-state index in [1.54, 1.807) is 0 Å². The maximum absolute atomic E-state index is 10.4. The average molecular weight is 176 g/mol. The first kappa shape index (κ1) is 9.78. The second-order valence-electron chi connectivity index (χ2n) is 3.15. The predicted octanol–water partition coefficient (Wildman–Crippen LogP) is 1.62. The molecule has 0 aliphatic heterocycles. The van der Waals surface area contributed by atoms with Crippen LogP contribution in [-0.2, 0) is 11.2 Å². The van der Waals surface area contributed by atoms with Gasteiger partial charge in [0.15, 0.2) is 0 Å². The third-order valence-corrected chi connectivity index (χ3v) is 1.81. The van der Waals surface area contributed by atoms with Crippen molar-refractivity contribution in [2.24, 2.45) is 5.73 Å². The van der Waals surface area contributed by atoms with Gasteiger partial charge in [0.1, 0.15) is 0 Å². The molecule has 0 unspecified atom stereocenters. The van der Waals surface area contributed by atoms with Crippen LogP contribution in [0, 0.1) is 13.3 Å². The largest absolute Gasteiger partial charge is 0.370 e. The molecule has 0 saturated carbocycles. The SMILES string of the molecule is Cc1cccc(C[CH]CC(N)=O)c1. The Morgan fingerprint density at radius 3 is 2.92 bits per heavy atom. The van der Waals surface area contributed by atoms with Crippen LogP contribution in [0.3, 0.4) is 0 Å². The molecule has 0 bridgehead atoms. The topological polar surface area (TPSA) is 43.1 Å². The van der Waals surface area contributed by atoms with Crippen molar-refractivity contribution in [3.8, 4) is 0 Å². The Labute approximate surface area is 78.8 Å².